The summed E-state index contributed by atoms with van der Waals surface area (Å²) in [6, 6.07) is 5.73. The molecule has 22 heavy (non-hydrogen) atoms. The molecule has 0 saturated carbocycles. The maximum absolute atomic E-state index is 10.8. The quantitative estimate of drug-likeness (QED) is 0.792. The molecular weight excluding hydrogens is 282 g/mol. The standard InChI is InChI=1S/C15H23N5O2/c1-4-19(5-2)8-9-20-14-7-6-12(10-13(14)16-17-20)18(3)11-15(21)22/h6-7,10H,4-5,8-9,11H2,1-3H3,(H,21,22). The van der Waals surface area contributed by atoms with Gasteiger partial charge in [-0.2, -0.15) is 0 Å². The average molecular weight is 305 g/mol. The van der Waals surface area contributed by atoms with E-state index in [1.54, 1.807) is 11.9 Å². The fourth-order valence-electron chi connectivity index (χ4n) is 2.43. The van der Waals surface area contributed by atoms with Crippen LogP contribution in [0.25, 0.3) is 11.0 Å². The van der Waals surface area contributed by atoms with E-state index in [2.05, 4.69) is 29.1 Å². The Hall–Kier alpha value is -2.15. The molecule has 7 nitrogen and oxygen atoms in total. The molecule has 1 aromatic carbocycles. The number of fused-ring (bicyclic) bond motifs is 1. The number of aromatic nitrogens is 3. The van der Waals surface area contributed by atoms with Gasteiger partial charge in [0, 0.05) is 19.3 Å². The number of carbonyl (C=O) groups is 1. The summed E-state index contributed by atoms with van der Waals surface area (Å²) in [5, 5.41) is 17.2. The monoisotopic (exact) mass is 305 g/mol. The van der Waals surface area contributed by atoms with E-state index in [9.17, 15) is 4.79 Å². The lowest BCUT2D eigenvalue weighted by Crippen LogP contribution is -2.27. The maximum atomic E-state index is 10.8. The molecule has 0 atom stereocenters. The number of nitrogens with zero attached hydrogens (tertiary/aromatic N) is 5. The van der Waals surface area contributed by atoms with Crippen LogP contribution in [0.15, 0.2) is 18.2 Å². The van der Waals surface area contributed by atoms with Crippen molar-refractivity contribution >= 4 is 22.7 Å². The molecule has 0 aliphatic heterocycles. The number of hydrogen-bond donors (Lipinski definition) is 1. The van der Waals surface area contributed by atoms with Gasteiger partial charge in [-0.25, -0.2) is 4.68 Å². The van der Waals surface area contributed by atoms with E-state index in [1.807, 2.05) is 22.9 Å². The van der Waals surface area contributed by atoms with Gasteiger partial charge in [-0.3, -0.25) is 4.79 Å². The molecule has 0 spiro atoms. The van der Waals surface area contributed by atoms with Gasteiger partial charge in [-0.15, -0.1) is 5.10 Å². The number of benzene rings is 1. The van der Waals surface area contributed by atoms with E-state index in [-0.39, 0.29) is 6.54 Å². The number of anilines is 1. The summed E-state index contributed by atoms with van der Waals surface area (Å²) in [5.41, 5.74) is 2.58. The Morgan fingerprint density at radius 1 is 1.32 bits per heavy atom. The van der Waals surface area contributed by atoms with E-state index in [0.29, 0.717) is 0 Å². The van der Waals surface area contributed by atoms with Gasteiger partial charge >= 0.3 is 5.97 Å². The van der Waals surface area contributed by atoms with Gasteiger partial charge in [0.05, 0.1) is 12.1 Å². The van der Waals surface area contributed by atoms with E-state index in [1.165, 1.54) is 0 Å². The zero-order valence-corrected chi connectivity index (χ0v) is 13.4. The Balaban J connectivity index is 2.14. The molecule has 0 fully saturated rings. The van der Waals surface area contributed by atoms with Gasteiger partial charge in [0.25, 0.3) is 0 Å². The highest BCUT2D eigenvalue weighted by Gasteiger charge is 2.10. The minimum atomic E-state index is -0.856. The Morgan fingerprint density at radius 2 is 2.05 bits per heavy atom. The van der Waals surface area contributed by atoms with Crippen LogP contribution < -0.4 is 4.90 Å². The summed E-state index contributed by atoms with van der Waals surface area (Å²) in [6.07, 6.45) is 0. The number of aliphatic carboxylic acids is 1. The molecule has 2 rings (SSSR count). The van der Waals surface area contributed by atoms with Crippen molar-refractivity contribution in [2.45, 2.75) is 20.4 Å². The largest absolute Gasteiger partial charge is 0.480 e. The minimum Gasteiger partial charge on any atom is -0.480 e. The Labute approximate surface area is 130 Å². The van der Waals surface area contributed by atoms with E-state index in [0.717, 1.165) is 42.9 Å². The van der Waals surface area contributed by atoms with Crippen LogP contribution >= 0.6 is 0 Å². The molecule has 0 aliphatic rings. The summed E-state index contributed by atoms with van der Waals surface area (Å²) in [7, 11) is 1.75. The Morgan fingerprint density at radius 3 is 2.68 bits per heavy atom. The SMILES string of the molecule is CCN(CC)CCn1nnc2cc(N(C)CC(=O)O)ccc21. The van der Waals surface area contributed by atoms with Crippen LogP contribution in [0.4, 0.5) is 5.69 Å². The number of hydrogen-bond acceptors (Lipinski definition) is 5. The van der Waals surface area contributed by atoms with Crippen LogP contribution in [0.1, 0.15) is 13.8 Å². The van der Waals surface area contributed by atoms with Crippen molar-refractivity contribution in [2.75, 3.05) is 38.1 Å². The molecule has 0 bridgehead atoms. The van der Waals surface area contributed by atoms with Crippen molar-refractivity contribution in [1.82, 2.24) is 19.9 Å². The summed E-state index contributed by atoms with van der Waals surface area (Å²) >= 11 is 0. The lowest BCUT2D eigenvalue weighted by Gasteiger charge is -2.18. The maximum Gasteiger partial charge on any atom is 0.323 e. The molecule has 0 amide bonds. The smallest absolute Gasteiger partial charge is 0.323 e. The highest BCUT2D eigenvalue weighted by molar-refractivity contribution is 5.80. The third-order valence-electron chi connectivity index (χ3n) is 3.83. The van der Waals surface area contributed by atoms with Gasteiger partial charge in [0.1, 0.15) is 12.1 Å². The van der Waals surface area contributed by atoms with Crippen LogP contribution in [0, 0.1) is 0 Å². The normalized spacial score (nSPS) is 11.3. The lowest BCUT2D eigenvalue weighted by molar-refractivity contribution is -0.135. The van der Waals surface area contributed by atoms with E-state index < -0.39 is 5.97 Å². The number of rotatable bonds is 8. The highest BCUT2D eigenvalue weighted by Crippen LogP contribution is 2.19. The van der Waals surface area contributed by atoms with Crippen LogP contribution in [0.3, 0.4) is 0 Å². The van der Waals surface area contributed by atoms with Crippen molar-refractivity contribution in [3.05, 3.63) is 18.2 Å². The molecule has 0 saturated heterocycles. The molecule has 0 aliphatic carbocycles. The molecule has 1 N–H and O–H groups in total. The molecule has 2 aromatic rings. The first-order valence-electron chi connectivity index (χ1n) is 7.53. The number of likely N-dealkylation sites (N-methyl/N-ethyl adjacent to an activating group) is 2. The van der Waals surface area contributed by atoms with Gasteiger partial charge in [-0.1, -0.05) is 19.1 Å². The molecular formula is C15H23N5O2. The van der Waals surface area contributed by atoms with Crippen molar-refractivity contribution in [3.8, 4) is 0 Å². The van der Waals surface area contributed by atoms with Crippen LogP contribution in [-0.4, -0.2) is 64.2 Å². The first-order valence-corrected chi connectivity index (χ1v) is 7.53. The summed E-state index contributed by atoms with van der Waals surface area (Å²) in [4.78, 5) is 14.8. The summed E-state index contributed by atoms with van der Waals surface area (Å²) in [6.45, 7) is 8.03. The third kappa shape index (κ3) is 3.73. The van der Waals surface area contributed by atoms with Gasteiger partial charge in [0.2, 0.25) is 0 Å². The summed E-state index contributed by atoms with van der Waals surface area (Å²) in [5.74, 6) is -0.856. The number of carboxylic acids is 1. The molecule has 120 valence electrons. The predicted molar refractivity (Wildman–Crippen MR) is 86.2 cm³/mol. The molecule has 1 heterocycles. The van der Waals surface area contributed by atoms with Gasteiger partial charge in [-0.05, 0) is 31.3 Å². The van der Waals surface area contributed by atoms with Crippen LogP contribution in [0.2, 0.25) is 0 Å². The topological polar surface area (TPSA) is 74.5 Å². The predicted octanol–water partition coefficient (Wildman–Crippen LogP) is 1.29. The van der Waals surface area contributed by atoms with Crippen molar-refractivity contribution in [2.24, 2.45) is 0 Å². The molecule has 7 heteroatoms. The molecule has 0 radical (unpaired) electrons. The minimum absolute atomic E-state index is 0.0401. The van der Waals surface area contributed by atoms with Crippen LogP contribution in [-0.2, 0) is 11.3 Å². The second-order valence-corrected chi connectivity index (χ2v) is 5.26. The van der Waals surface area contributed by atoms with Gasteiger partial charge < -0.3 is 14.9 Å². The second-order valence-electron chi connectivity index (χ2n) is 5.26. The second kappa shape index (κ2) is 7.22. The fourth-order valence-corrected chi connectivity index (χ4v) is 2.43. The van der Waals surface area contributed by atoms with Crippen LogP contribution in [0.5, 0.6) is 0 Å². The fraction of sp³-hybridized carbons (Fsp3) is 0.533. The van der Waals surface area contributed by atoms with E-state index in [4.69, 9.17) is 5.11 Å². The third-order valence-corrected chi connectivity index (χ3v) is 3.83. The molecule has 1 aromatic heterocycles. The first-order chi connectivity index (χ1) is 10.5. The summed E-state index contributed by atoms with van der Waals surface area (Å²) < 4.78 is 1.90. The van der Waals surface area contributed by atoms with E-state index >= 15 is 0 Å². The van der Waals surface area contributed by atoms with Crippen molar-refractivity contribution in [1.29, 1.82) is 0 Å². The average Bonchev–Trinajstić information content (AvgIpc) is 2.90. The highest BCUT2D eigenvalue weighted by atomic mass is 16.4. The lowest BCUT2D eigenvalue weighted by atomic mass is 10.2. The Kier molecular flexibility index (Phi) is 5.32. The molecule has 0 unspecified atom stereocenters. The first kappa shape index (κ1) is 16.2. The van der Waals surface area contributed by atoms with Crippen molar-refractivity contribution < 1.29 is 9.90 Å². The zero-order chi connectivity index (χ0) is 16.1. The number of carboxylic acid groups (broad SMARTS) is 1. The Bertz CT molecular complexity index is 636. The van der Waals surface area contributed by atoms with Gasteiger partial charge in [0.15, 0.2) is 0 Å². The van der Waals surface area contributed by atoms with Crippen molar-refractivity contribution in [3.63, 3.8) is 0 Å². The zero-order valence-electron chi connectivity index (χ0n) is 13.4.